The molecule has 0 saturated carbocycles. The van der Waals surface area contributed by atoms with Crippen LogP contribution in [0, 0.1) is 0 Å². The van der Waals surface area contributed by atoms with Crippen LogP contribution in [0.25, 0.3) is 10.9 Å². The Bertz CT molecular complexity index is 1130. The van der Waals surface area contributed by atoms with Crippen LogP contribution in [0.3, 0.4) is 0 Å². The zero-order valence-electron chi connectivity index (χ0n) is 18.0. The topological polar surface area (TPSA) is 79.4 Å². The number of ether oxygens (including phenoxy) is 1. The van der Waals surface area contributed by atoms with E-state index in [9.17, 15) is 4.79 Å². The first kappa shape index (κ1) is 22.0. The van der Waals surface area contributed by atoms with Crippen molar-refractivity contribution in [1.82, 2.24) is 14.9 Å². The van der Waals surface area contributed by atoms with Gasteiger partial charge in [-0.2, -0.15) is 0 Å². The van der Waals surface area contributed by atoms with E-state index in [4.69, 9.17) is 16.3 Å². The first-order valence-corrected chi connectivity index (χ1v) is 11.1. The molecule has 0 unspecified atom stereocenters. The van der Waals surface area contributed by atoms with Crippen LogP contribution in [0.4, 0.5) is 17.2 Å². The van der Waals surface area contributed by atoms with Crippen molar-refractivity contribution >= 4 is 45.6 Å². The molecule has 0 spiro atoms. The van der Waals surface area contributed by atoms with Gasteiger partial charge in [-0.3, -0.25) is 9.69 Å². The Morgan fingerprint density at radius 2 is 2.03 bits per heavy atom. The number of likely N-dealkylation sites (tertiary alicyclic amines) is 1. The number of halogens is 1. The third-order valence-corrected chi connectivity index (χ3v) is 5.62. The molecule has 2 aromatic carbocycles. The fraction of sp³-hybridized carbons (Fsp3) is 0.292. The van der Waals surface area contributed by atoms with Crippen molar-refractivity contribution < 1.29 is 9.53 Å². The Balaban J connectivity index is 1.54. The molecule has 4 rings (SSSR count). The zero-order chi connectivity index (χ0) is 22.3. The van der Waals surface area contributed by atoms with Crippen molar-refractivity contribution in [2.24, 2.45) is 0 Å². The minimum Gasteiger partial charge on any atom is -0.494 e. The molecule has 1 aliphatic heterocycles. The van der Waals surface area contributed by atoms with Gasteiger partial charge in [0.05, 0.1) is 18.3 Å². The quantitative estimate of drug-likeness (QED) is 0.491. The Kier molecular flexibility index (Phi) is 7.19. The van der Waals surface area contributed by atoms with Crippen LogP contribution in [-0.2, 0) is 4.79 Å². The highest BCUT2D eigenvalue weighted by Crippen LogP contribution is 2.33. The van der Waals surface area contributed by atoms with Crippen LogP contribution in [0.5, 0.6) is 5.75 Å². The molecule has 1 amide bonds. The summed E-state index contributed by atoms with van der Waals surface area (Å²) in [6, 6.07) is 11.0. The number of methoxy groups -OCH3 is 1. The first-order chi connectivity index (χ1) is 15.6. The van der Waals surface area contributed by atoms with Crippen molar-refractivity contribution in [3.05, 3.63) is 59.9 Å². The van der Waals surface area contributed by atoms with E-state index in [2.05, 4.69) is 25.5 Å². The van der Waals surface area contributed by atoms with Crippen LogP contribution in [0.2, 0.25) is 5.02 Å². The predicted molar refractivity (Wildman–Crippen MR) is 129 cm³/mol. The number of amides is 1. The smallest absolute Gasteiger partial charge is 0.248 e. The number of nitrogens with one attached hydrogen (secondary N) is 2. The van der Waals surface area contributed by atoms with Crippen LogP contribution in [-0.4, -0.2) is 47.5 Å². The monoisotopic (exact) mass is 451 g/mol. The van der Waals surface area contributed by atoms with E-state index in [-0.39, 0.29) is 5.91 Å². The van der Waals surface area contributed by atoms with Crippen LogP contribution in [0.1, 0.15) is 19.3 Å². The Morgan fingerprint density at radius 1 is 1.19 bits per heavy atom. The zero-order valence-corrected chi connectivity index (χ0v) is 18.7. The van der Waals surface area contributed by atoms with Gasteiger partial charge in [0.1, 0.15) is 17.9 Å². The average Bonchev–Trinajstić information content (AvgIpc) is 2.80. The van der Waals surface area contributed by atoms with Crippen LogP contribution < -0.4 is 15.4 Å². The van der Waals surface area contributed by atoms with Gasteiger partial charge in [0.25, 0.3) is 0 Å². The predicted octanol–water partition coefficient (Wildman–Crippen LogP) is 5.02. The fourth-order valence-corrected chi connectivity index (χ4v) is 3.97. The van der Waals surface area contributed by atoms with Gasteiger partial charge in [0.15, 0.2) is 0 Å². The summed E-state index contributed by atoms with van der Waals surface area (Å²) in [6.07, 6.45) is 8.70. The van der Waals surface area contributed by atoms with Gasteiger partial charge < -0.3 is 15.4 Å². The first-order valence-electron chi connectivity index (χ1n) is 10.7. The maximum atomic E-state index is 12.5. The number of hydrogen-bond donors (Lipinski definition) is 2. The summed E-state index contributed by atoms with van der Waals surface area (Å²) in [5.74, 6) is 0.930. The van der Waals surface area contributed by atoms with E-state index >= 15 is 0 Å². The van der Waals surface area contributed by atoms with Crippen molar-refractivity contribution in [2.75, 3.05) is 37.4 Å². The molecule has 1 aliphatic rings. The summed E-state index contributed by atoms with van der Waals surface area (Å²) < 4.78 is 5.48. The number of carbonyl (C=O) groups excluding carboxylic acids is 1. The highest BCUT2D eigenvalue weighted by Gasteiger charge is 2.13. The number of benzene rings is 2. The van der Waals surface area contributed by atoms with Crippen molar-refractivity contribution in [2.45, 2.75) is 19.3 Å². The van der Waals surface area contributed by atoms with E-state index in [1.807, 2.05) is 36.4 Å². The summed E-state index contributed by atoms with van der Waals surface area (Å²) in [4.78, 5) is 23.6. The Morgan fingerprint density at radius 3 is 2.81 bits per heavy atom. The average molecular weight is 452 g/mol. The molecule has 7 nitrogen and oxygen atoms in total. The van der Waals surface area contributed by atoms with E-state index in [0.29, 0.717) is 27.8 Å². The molecule has 2 heterocycles. The van der Waals surface area contributed by atoms with Gasteiger partial charge in [0, 0.05) is 34.8 Å². The molecule has 3 aromatic rings. The second-order valence-electron chi connectivity index (χ2n) is 7.68. The number of hydrogen-bond acceptors (Lipinski definition) is 6. The molecule has 1 fully saturated rings. The number of anilines is 3. The van der Waals surface area contributed by atoms with Gasteiger partial charge in [-0.25, -0.2) is 9.97 Å². The number of rotatable bonds is 7. The highest BCUT2D eigenvalue weighted by atomic mass is 35.5. The molecule has 1 aromatic heterocycles. The van der Waals surface area contributed by atoms with Gasteiger partial charge in [0.2, 0.25) is 5.91 Å². The molecule has 0 bridgehead atoms. The summed E-state index contributed by atoms with van der Waals surface area (Å²) in [6.45, 7) is 2.96. The number of piperidine rings is 1. The van der Waals surface area contributed by atoms with E-state index in [0.717, 1.165) is 30.7 Å². The molecule has 0 atom stereocenters. The second kappa shape index (κ2) is 10.4. The highest BCUT2D eigenvalue weighted by molar-refractivity contribution is 6.30. The van der Waals surface area contributed by atoms with Crippen molar-refractivity contribution in [3.8, 4) is 5.75 Å². The van der Waals surface area contributed by atoms with Gasteiger partial charge in [-0.1, -0.05) is 30.2 Å². The molecule has 166 valence electrons. The third-order valence-electron chi connectivity index (χ3n) is 5.38. The lowest BCUT2D eigenvalue weighted by molar-refractivity contribution is -0.111. The summed E-state index contributed by atoms with van der Waals surface area (Å²) >= 11 is 6.10. The second-order valence-corrected chi connectivity index (χ2v) is 8.12. The molecular weight excluding hydrogens is 426 g/mol. The molecule has 1 saturated heterocycles. The number of nitrogens with zero attached hydrogens (tertiary/aromatic N) is 3. The van der Waals surface area contributed by atoms with Gasteiger partial charge >= 0.3 is 0 Å². The lowest BCUT2D eigenvalue weighted by atomic mass is 10.1. The van der Waals surface area contributed by atoms with Gasteiger partial charge in [-0.05, 0) is 50.2 Å². The number of fused-ring (bicyclic) bond motifs is 1. The summed E-state index contributed by atoms with van der Waals surface area (Å²) in [5.41, 5.74) is 2.05. The van der Waals surface area contributed by atoms with Gasteiger partial charge in [-0.15, -0.1) is 0 Å². The Hall–Kier alpha value is -3.16. The molecule has 8 heteroatoms. The SMILES string of the molecule is COc1cc2ncnc(Nc3cccc(Cl)c3)c2cc1NC(=O)/C=C/CN1CCCCC1. The number of aromatic nitrogens is 2. The van der Waals surface area contributed by atoms with E-state index in [1.54, 1.807) is 19.3 Å². The summed E-state index contributed by atoms with van der Waals surface area (Å²) in [5, 5.41) is 7.56. The number of carbonyl (C=O) groups is 1. The lowest BCUT2D eigenvalue weighted by Gasteiger charge is -2.24. The van der Waals surface area contributed by atoms with Crippen LogP contribution in [0.15, 0.2) is 54.9 Å². The minimum atomic E-state index is -0.208. The van der Waals surface area contributed by atoms with E-state index < -0.39 is 0 Å². The van der Waals surface area contributed by atoms with Crippen molar-refractivity contribution in [3.63, 3.8) is 0 Å². The van der Waals surface area contributed by atoms with E-state index in [1.165, 1.54) is 25.6 Å². The minimum absolute atomic E-state index is 0.208. The maximum absolute atomic E-state index is 12.5. The molecular formula is C24H26ClN5O2. The van der Waals surface area contributed by atoms with Crippen molar-refractivity contribution in [1.29, 1.82) is 0 Å². The Labute approximate surface area is 192 Å². The summed E-state index contributed by atoms with van der Waals surface area (Å²) in [7, 11) is 1.56. The maximum Gasteiger partial charge on any atom is 0.248 e. The normalized spacial score (nSPS) is 14.6. The molecule has 2 N–H and O–H groups in total. The third kappa shape index (κ3) is 5.55. The lowest BCUT2D eigenvalue weighted by Crippen LogP contribution is -2.29. The molecule has 32 heavy (non-hydrogen) atoms. The molecule has 0 radical (unpaired) electrons. The fourth-order valence-electron chi connectivity index (χ4n) is 3.78. The molecule has 0 aliphatic carbocycles. The standard InChI is InChI=1S/C24H26ClN5O2/c1-32-22-15-20-19(24(27-16-26-20)28-18-8-5-7-17(25)13-18)14-21(22)29-23(31)9-6-12-30-10-3-2-4-11-30/h5-9,13-16H,2-4,10-12H2,1H3,(H,29,31)(H,26,27,28)/b9-6+. The largest absolute Gasteiger partial charge is 0.494 e. The van der Waals surface area contributed by atoms with Crippen LogP contribution >= 0.6 is 11.6 Å².